The van der Waals surface area contributed by atoms with Crippen LogP contribution >= 0.6 is 0 Å². The van der Waals surface area contributed by atoms with E-state index in [0.29, 0.717) is 19.4 Å². The third kappa shape index (κ3) is 4.43. The molecule has 0 spiro atoms. The number of likely N-dealkylation sites (N-methyl/N-ethyl adjacent to an activating group) is 1. The van der Waals surface area contributed by atoms with Crippen LogP contribution in [0.15, 0.2) is 23.0 Å². The second-order valence-corrected chi connectivity index (χ2v) is 10.6. The highest BCUT2D eigenvalue weighted by molar-refractivity contribution is 6.24. The van der Waals surface area contributed by atoms with Crippen molar-refractivity contribution in [2.75, 3.05) is 33.1 Å². The van der Waals surface area contributed by atoms with Gasteiger partial charge in [-0.1, -0.05) is 0 Å². The van der Waals surface area contributed by atoms with E-state index in [2.05, 4.69) is 5.32 Å². The SMILES string of the molecule is COCCCCC(=O)Nc1cc(F)c2c(c1O)C(O)=C1C(=O)[C@]3(O)C(O)=C(C(N)=O)C(=O)[C@@H](N(C)C)[C@@H]3C[C@@H]1C2. The van der Waals surface area contributed by atoms with Gasteiger partial charge in [-0.25, -0.2) is 4.39 Å². The Kier molecular flexibility index (Phi) is 7.76. The van der Waals surface area contributed by atoms with Crippen molar-refractivity contribution >= 4 is 34.8 Å². The molecule has 12 nitrogen and oxygen atoms in total. The first-order valence-corrected chi connectivity index (χ1v) is 12.7. The van der Waals surface area contributed by atoms with Crippen molar-refractivity contribution in [1.29, 1.82) is 0 Å². The Labute approximate surface area is 228 Å². The van der Waals surface area contributed by atoms with E-state index < -0.39 is 86.7 Å². The van der Waals surface area contributed by atoms with Crippen LogP contribution in [0.1, 0.15) is 36.8 Å². The molecule has 3 aliphatic rings. The zero-order chi connectivity index (χ0) is 29.7. The molecule has 1 fully saturated rings. The quantitative estimate of drug-likeness (QED) is 0.150. The molecular formula is C27H32FN3O9. The molecule has 1 aromatic carbocycles. The van der Waals surface area contributed by atoms with Gasteiger partial charge in [-0.05, 0) is 45.7 Å². The highest BCUT2D eigenvalue weighted by Gasteiger charge is 2.64. The monoisotopic (exact) mass is 561 g/mol. The number of methoxy groups -OCH3 is 1. The molecule has 0 radical (unpaired) electrons. The molecule has 0 aromatic heterocycles. The van der Waals surface area contributed by atoms with Crippen LogP contribution in [-0.2, 0) is 30.3 Å². The summed E-state index contributed by atoms with van der Waals surface area (Å²) in [6.07, 6.45) is 0.780. The van der Waals surface area contributed by atoms with Gasteiger partial charge in [0.2, 0.25) is 11.7 Å². The smallest absolute Gasteiger partial charge is 0.255 e. The number of phenolic OH excluding ortho intramolecular Hbond substituents is 1. The topological polar surface area (TPSA) is 200 Å². The summed E-state index contributed by atoms with van der Waals surface area (Å²) in [6.45, 7) is 0.449. The van der Waals surface area contributed by atoms with Crippen LogP contribution in [0.3, 0.4) is 0 Å². The number of aromatic hydroxyl groups is 1. The number of amides is 2. The van der Waals surface area contributed by atoms with Gasteiger partial charge >= 0.3 is 0 Å². The van der Waals surface area contributed by atoms with Crippen LogP contribution in [0, 0.1) is 17.7 Å². The molecule has 7 N–H and O–H groups in total. The number of aliphatic hydroxyl groups excluding tert-OH is 2. The fraction of sp³-hybridized carbons (Fsp3) is 0.481. The first-order valence-electron chi connectivity index (χ1n) is 12.7. The van der Waals surface area contributed by atoms with Crippen LogP contribution < -0.4 is 11.1 Å². The Bertz CT molecular complexity index is 1370. The molecule has 0 aliphatic heterocycles. The lowest BCUT2D eigenvalue weighted by molar-refractivity contribution is -0.153. The number of nitrogens with zero attached hydrogens (tertiary/aromatic N) is 1. The van der Waals surface area contributed by atoms with E-state index in [1.807, 2.05) is 0 Å². The van der Waals surface area contributed by atoms with Crippen molar-refractivity contribution in [3.05, 3.63) is 39.9 Å². The lowest BCUT2D eigenvalue weighted by Crippen LogP contribution is -2.65. The van der Waals surface area contributed by atoms with E-state index in [1.54, 1.807) is 0 Å². The number of nitrogens with two attached hydrogens (primary N) is 1. The number of anilines is 1. The molecule has 1 saturated carbocycles. The number of nitrogens with one attached hydrogen (secondary N) is 1. The Morgan fingerprint density at radius 2 is 1.90 bits per heavy atom. The van der Waals surface area contributed by atoms with E-state index in [0.717, 1.165) is 6.07 Å². The number of phenols is 1. The first-order chi connectivity index (χ1) is 18.8. The third-order valence-corrected chi connectivity index (χ3v) is 7.94. The van der Waals surface area contributed by atoms with Crippen molar-refractivity contribution in [2.45, 2.75) is 43.7 Å². The number of aliphatic hydroxyl groups is 3. The number of unbranched alkanes of at least 4 members (excludes halogenated alkanes) is 1. The molecule has 4 atom stereocenters. The van der Waals surface area contributed by atoms with Gasteiger partial charge < -0.3 is 36.2 Å². The summed E-state index contributed by atoms with van der Waals surface area (Å²) < 4.78 is 20.2. The molecule has 216 valence electrons. The number of ether oxygens (including phenoxy) is 1. The number of Topliss-reactive ketones (excluding diaryl/α,β-unsaturated/α-hetero) is 2. The summed E-state index contributed by atoms with van der Waals surface area (Å²) in [6, 6.07) is -0.321. The molecule has 1 aromatic rings. The normalized spacial score (nSPS) is 26.0. The van der Waals surface area contributed by atoms with Gasteiger partial charge in [-0.3, -0.25) is 24.1 Å². The number of ketones is 2. The number of carbonyl (C=O) groups excluding carboxylic acids is 4. The van der Waals surface area contributed by atoms with Crippen molar-refractivity contribution in [2.24, 2.45) is 17.6 Å². The summed E-state index contributed by atoms with van der Waals surface area (Å²) in [5, 5.41) is 47.0. The number of halogens is 1. The fourth-order valence-corrected chi connectivity index (χ4v) is 6.11. The minimum atomic E-state index is -2.80. The zero-order valence-electron chi connectivity index (χ0n) is 22.3. The molecule has 13 heteroatoms. The summed E-state index contributed by atoms with van der Waals surface area (Å²) in [7, 11) is 4.50. The molecule has 4 rings (SSSR count). The summed E-state index contributed by atoms with van der Waals surface area (Å²) in [4.78, 5) is 52.7. The van der Waals surface area contributed by atoms with E-state index in [1.165, 1.54) is 26.1 Å². The third-order valence-electron chi connectivity index (χ3n) is 7.94. The predicted molar refractivity (Wildman–Crippen MR) is 139 cm³/mol. The van der Waals surface area contributed by atoms with Gasteiger partial charge in [0, 0.05) is 43.3 Å². The van der Waals surface area contributed by atoms with Gasteiger partial charge in [-0.15, -0.1) is 0 Å². The van der Waals surface area contributed by atoms with Crippen molar-refractivity contribution < 1.29 is 48.7 Å². The van der Waals surface area contributed by atoms with Gasteiger partial charge in [0.15, 0.2) is 17.1 Å². The maximum atomic E-state index is 15.3. The Morgan fingerprint density at radius 3 is 2.50 bits per heavy atom. The highest BCUT2D eigenvalue weighted by atomic mass is 19.1. The number of carbonyl (C=O) groups is 4. The van der Waals surface area contributed by atoms with Crippen LogP contribution in [0.5, 0.6) is 5.75 Å². The largest absolute Gasteiger partial charge is 0.508 e. The lowest BCUT2D eigenvalue weighted by Gasteiger charge is -2.50. The number of primary amides is 1. The Hall–Kier alpha value is -3.81. The number of benzene rings is 1. The van der Waals surface area contributed by atoms with Crippen LogP contribution in [0.2, 0.25) is 0 Å². The molecule has 0 heterocycles. The second-order valence-electron chi connectivity index (χ2n) is 10.6. The van der Waals surface area contributed by atoms with Crippen molar-refractivity contribution in [3.8, 4) is 5.75 Å². The van der Waals surface area contributed by atoms with Crippen LogP contribution in [0.4, 0.5) is 10.1 Å². The molecule has 3 aliphatic carbocycles. The Morgan fingerprint density at radius 1 is 1.23 bits per heavy atom. The average molecular weight is 562 g/mol. The number of rotatable bonds is 8. The van der Waals surface area contributed by atoms with Gasteiger partial charge in [0.05, 0.1) is 17.3 Å². The molecular weight excluding hydrogens is 529 g/mol. The number of fused-ring (bicyclic) bond motifs is 3. The average Bonchev–Trinajstić information content (AvgIpc) is 2.86. The minimum Gasteiger partial charge on any atom is -0.508 e. The minimum absolute atomic E-state index is 0.0587. The van der Waals surface area contributed by atoms with Gasteiger partial charge in [0.1, 0.15) is 22.9 Å². The van der Waals surface area contributed by atoms with Crippen molar-refractivity contribution in [1.82, 2.24) is 4.90 Å². The van der Waals surface area contributed by atoms with E-state index in [9.17, 15) is 39.6 Å². The fourth-order valence-electron chi connectivity index (χ4n) is 6.11. The number of hydrogen-bond donors (Lipinski definition) is 6. The van der Waals surface area contributed by atoms with E-state index >= 15 is 4.39 Å². The molecule has 0 saturated heterocycles. The maximum absolute atomic E-state index is 15.3. The molecule has 0 unspecified atom stereocenters. The maximum Gasteiger partial charge on any atom is 0.255 e. The second kappa shape index (κ2) is 10.6. The van der Waals surface area contributed by atoms with Gasteiger partial charge in [-0.2, -0.15) is 0 Å². The van der Waals surface area contributed by atoms with E-state index in [-0.39, 0.29) is 30.5 Å². The first kappa shape index (κ1) is 29.2. The van der Waals surface area contributed by atoms with Crippen LogP contribution in [0.25, 0.3) is 5.76 Å². The summed E-state index contributed by atoms with van der Waals surface area (Å²) >= 11 is 0. The zero-order valence-corrected chi connectivity index (χ0v) is 22.3. The molecule has 40 heavy (non-hydrogen) atoms. The van der Waals surface area contributed by atoms with E-state index in [4.69, 9.17) is 10.5 Å². The standard InChI is InChI=1S/C27H32FN3O9/c1-31(2)20-13-9-11-8-12-14(28)10-15(30-16(32)6-4-5-7-40-3)21(33)18(12)22(34)17(11)24(36)27(13,39)25(37)19(23(20)35)26(29)38/h10-11,13,20,33-34,37,39H,4-9H2,1-3H3,(H2,29,38)(H,30,32)/t11-,13-,20-,27-/m0/s1. The molecule has 2 amide bonds. The lowest BCUT2D eigenvalue weighted by atomic mass is 9.57. The Balaban J connectivity index is 1.80. The molecule has 0 bridgehead atoms. The summed E-state index contributed by atoms with van der Waals surface area (Å²) in [5.41, 5.74) is 0.277. The predicted octanol–water partition coefficient (Wildman–Crippen LogP) is 0.858. The van der Waals surface area contributed by atoms with Gasteiger partial charge in [0.25, 0.3) is 5.91 Å². The van der Waals surface area contributed by atoms with Crippen LogP contribution in [-0.4, -0.2) is 88.2 Å². The number of hydrogen-bond acceptors (Lipinski definition) is 10. The van der Waals surface area contributed by atoms with Crippen molar-refractivity contribution in [3.63, 3.8) is 0 Å². The highest BCUT2D eigenvalue weighted by Crippen LogP contribution is 2.53. The summed E-state index contributed by atoms with van der Waals surface area (Å²) in [5.74, 6) is -9.72.